The van der Waals surface area contributed by atoms with E-state index in [-0.39, 0.29) is 12.1 Å². The summed E-state index contributed by atoms with van der Waals surface area (Å²) in [5, 5.41) is 0. The zero-order valence-corrected chi connectivity index (χ0v) is 12.4. The van der Waals surface area contributed by atoms with Crippen molar-refractivity contribution >= 4 is 11.7 Å². The van der Waals surface area contributed by atoms with Gasteiger partial charge in [0, 0.05) is 30.4 Å². The molecule has 0 spiro atoms. The number of hydrogen-bond acceptors (Lipinski definition) is 3. The number of carbonyl (C=O) groups excluding carboxylic acids is 1. The second-order valence-electron chi connectivity index (χ2n) is 5.36. The Morgan fingerprint density at radius 3 is 2.61 bits per heavy atom. The van der Waals surface area contributed by atoms with Crippen LogP contribution in [-0.2, 0) is 17.7 Å². The Morgan fingerprint density at radius 2 is 1.87 bits per heavy atom. The molecule has 1 aliphatic rings. The van der Waals surface area contributed by atoms with Crippen LogP contribution in [0.3, 0.4) is 0 Å². The third kappa shape index (κ3) is 2.88. The van der Waals surface area contributed by atoms with Gasteiger partial charge in [-0.25, -0.2) is 18.0 Å². The molecule has 0 unspecified atom stereocenters. The number of rotatable bonds is 3. The van der Waals surface area contributed by atoms with Crippen molar-refractivity contribution in [3.8, 4) is 0 Å². The summed E-state index contributed by atoms with van der Waals surface area (Å²) in [6, 6.07) is 6.58. The molecule has 0 N–H and O–H groups in total. The zero-order chi connectivity index (χ0) is 16.6. The average Bonchev–Trinajstić information content (AvgIpc) is 2.94. The van der Waals surface area contributed by atoms with Crippen molar-refractivity contribution in [3.63, 3.8) is 0 Å². The minimum atomic E-state index is -1.21. The fourth-order valence-electron chi connectivity index (χ4n) is 2.75. The van der Waals surface area contributed by atoms with Gasteiger partial charge in [0.05, 0.1) is 12.7 Å². The van der Waals surface area contributed by atoms with Crippen molar-refractivity contribution in [2.75, 3.05) is 18.6 Å². The normalized spacial score (nSPS) is 13.1. The van der Waals surface area contributed by atoms with E-state index in [1.165, 1.54) is 7.11 Å². The predicted molar refractivity (Wildman–Crippen MR) is 78.9 cm³/mol. The van der Waals surface area contributed by atoms with E-state index >= 15 is 0 Å². The molecule has 3 nitrogen and oxygen atoms in total. The van der Waals surface area contributed by atoms with Crippen molar-refractivity contribution in [2.24, 2.45) is 0 Å². The SMILES string of the molecule is COC(=O)c1ccc2c(c1)N(Cc1cc(F)c(F)cc1F)CC2. The number of ether oxygens (including phenoxy) is 1. The molecule has 23 heavy (non-hydrogen) atoms. The molecule has 2 aromatic rings. The predicted octanol–water partition coefficient (Wildman–Crippen LogP) is 3.45. The number of nitrogens with zero attached hydrogens (tertiary/aromatic N) is 1. The largest absolute Gasteiger partial charge is 0.465 e. The molecule has 0 aliphatic carbocycles. The van der Waals surface area contributed by atoms with E-state index in [4.69, 9.17) is 0 Å². The number of esters is 1. The van der Waals surface area contributed by atoms with E-state index in [2.05, 4.69) is 4.74 Å². The molecule has 3 rings (SSSR count). The molecule has 0 fully saturated rings. The van der Waals surface area contributed by atoms with Crippen molar-refractivity contribution in [1.82, 2.24) is 0 Å². The Labute approximate surface area is 131 Å². The quantitative estimate of drug-likeness (QED) is 0.640. The smallest absolute Gasteiger partial charge is 0.337 e. The molecule has 2 aromatic carbocycles. The number of benzene rings is 2. The topological polar surface area (TPSA) is 29.5 Å². The van der Waals surface area contributed by atoms with Crippen LogP contribution in [0.1, 0.15) is 21.5 Å². The Balaban J connectivity index is 1.90. The minimum absolute atomic E-state index is 0.0696. The van der Waals surface area contributed by atoms with E-state index < -0.39 is 23.4 Å². The van der Waals surface area contributed by atoms with Gasteiger partial charge in [-0.3, -0.25) is 0 Å². The van der Waals surface area contributed by atoms with Gasteiger partial charge in [-0.1, -0.05) is 6.07 Å². The summed E-state index contributed by atoms with van der Waals surface area (Å²) >= 11 is 0. The van der Waals surface area contributed by atoms with Crippen LogP contribution in [0.5, 0.6) is 0 Å². The number of fused-ring (bicyclic) bond motifs is 1. The highest BCUT2D eigenvalue weighted by Crippen LogP contribution is 2.31. The number of carbonyl (C=O) groups is 1. The molecule has 0 radical (unpaired) electrons. The van der Waals surface area contributed by atoms with Crippen LogP contribution in [0.15, 0.2) is 30.3 Å². The number of methoxy groups -OCH3 is 1. The number of halogens is 3. The van der Waals surface area contributed by atoms with Gasteiger partial charge < -0.3 is 9.64 Å². The monoisotopic (exact) mass is 321 g/mol. The maximum absolute atomic E-state index is 13.8. The van der Waals surface area contributed by atoms with Gasteiger partial charge in [0.15, 0.2) is 11.6 Å². The third-order valence-corrected chi connectivity index (χ3v) is 3.95. The van der Waals surface area contributed by atoms with Gasteiger partial charge in [-0.05, 0) is 30.2 Å². The summed E-state index contributed by atoms with van der Waals surface area (Å²) in [6.07, 6.45) is 0.738. The molecule has 6 heteroatoms. The molecule has 0 saturated carbocycles. The van der Waals surface area contributed by atoms with Crippen molar-refractivity contribution < 1.29 is 22.7 Å². The Bertz CT molecular complexity index is 777. The lowest BCUT2D eigenvalue weighted by Gasteiger charge is -2.20. The highest BCUT2D eigenvalue weighted by Gasteiger charge is 2.22. The fraction of sp³-hybridized carbons (Fsp3) is 0.235. The lowest BCUT2D eigenvalue weighted by atomic mass is 10.1. The highest BCUT2D eigenvalue weighted by atomic mass is 19.2. The first-order valence-electron chi connectivity index (χ1n) is 7.09. The second kappa shape index (κ2) is 5.95. The molecule has 0 saturated heterocycles. The van der Waals surface area contributed by atoms with Gasteiger partial charge in [-0.2, -0.15) is 0 Å². The summed E-state index contributed by atoms with van der Waals surface area (Å²) in [4.78, 5) is 13.5. The maximum atomic E-state index is 13.8. The van der Waals surface area contributed by atoms with Crippen LogP contribution in [0.4, 0.5) is 18.9 Å². The number of hydrogen-bond donors (Lipinski definition) is 0. The molecule has 0 bridgehead atoms. The summed E-state index contributed by atoms with van der Waals surface area (Å²) < 4.78 is 44.8. The number of anilines is 1. The Hall–Kier alpha value is -2.50. The van der Waals surface area contributed by atoms with Crippen LogP contribution < -0.4 is 4.90 Å². The van der Waals surface area contributed by atoms with Crippen LogP contribution in [0, 0.1) is 17.5 Å². The van der Waals surface area contributed by atoms with Crippen LogP contribution in [0.25, 0.3) is 0 Å². The van der Waals surface area contributed by atoms with Gasteiger partial charge in [0.2, 0.25) is 0 Å². The third-order valence-electron chi connectivity index (χ3n) is 3.95. The average molecular weight is 321 g/mol. The highest BCUT2D eigenvalue weighted by molar-refractivity contribution is 5.91. The molecular formula is C17H14F3NO2. The second-order valence-corrected chi connectivity index (χ2v) is 5.36. The fourth-order valence-corrected chi connectivity index (χ4v) is 2.75. The molecule has 1 aliphatic heterocycles. The Morgan fingerprint density at radius 1 is 1.13 bits per heavy atom. The van der Waals surface area contributed by atoms with E-state index in [0.717, 1.165) is 23.7 Å². The lowest BCUT2D eigenvalue weighted by Crippen LogP contribution is -2.21. The first-order valence-corrected chi connectivity index (χ1v) is 7.09. The zero-order valence-electron chi connectivity index (χ0n) is 12.4. The molecule has 1 heterocycles. The van der Waals surface area contributed by atoms with Crippen LogP contribution in [-0.4, -0.2) is 19.6 Å². The van der Waals surface area contributed by atoms with E-state index in [0.29, 0.717) is 18.2 Å². The van der Waals surface area contributed by atoms with Crippen molar-refractivity contribution in [3.05, 3.63) is 64.5 Å². The summed E-state index contributed by atoms with van der Waals surface area (Å²) in [6.45, 7) is 0.707. The van der Waals surface area contributed by atoms with Crippen LogP contribution >= 0.6 is 0 Å². The minimum Gasteiger partial charge on any atom is -0.465 e. The first kappa shape index (κ1) is 15.4. The van der Waals surface area contributed by atoms with Gasteiger partial charge in [0.25, 0.3) is 0 Å². The summed E-state index contributed by atoms with van der Waals surface area (Å²) in [7, 11) is 1.30. The lowest BCUT2D eigenvalue weighted by molar-refractivity contribution is 0.0601. The Kier molecular flexibility index (Phi) is 3.98. The van der Waals surface area contributed by atoms with E-state index in [1.807, 2.05) is 11.0 Å². The summed E-state index contributed by atoms with van der Waals surface area (Å²) in [5.74, 6) is -3.54. The molecule has 0 amide bonds. The molecule has 0 atom stereocenters. The maximum Gasteiger partial charge on any atom is 0.337 e. The van der Waals surface area contributed by atoms with Crippen molar-refractivity contribution in [2.45, 2.75) is 13.0 Å². The molecular weight excluding hydrogens is 307 g/mol. The molecule has 120 valence electrons. The van der Waals surface area contributed by atoms with Crippen LogP contribution in [0.2, 0.25) is 0 Å². The summed E-state index contributed by atoms with van der Waals surface area (Å²) in [5.41, 5.74) is 2.25. The first-order chi connectivity index (χ1) is 11.0. The molecule has 0 aromatic heterocycles. The van der Waals surface area contributed by atoms with Gasteiger partial charge in [0.1, 0.15) is 5.82 Å². The van der Waals surface area contributed by atoms with Crippen molar-refractivity contribution in [1.29, 1.82) is 0 Å². The van der Waals surface area contributed by atoms with E-state index in [1.54, 1.807) is 12.1 Å². The van der Waals surface area contributed by atoms with Gasteiger partial charge >= 0.3 is 5.97 Å². The van der Waals surface area contributed by atoms with Gasteiger partial charge in [-0.15, -0.1) is 0 Å². The van der Waals surface area contributed by atoms with E-state index in [9.17, 15) is 18.0 Å². The standard InChI is InChI=1S/C17H14F3NO2/c1-23-17(22)11-3-2-10-4-5-21(16(10)7-11)9-12-6-14(19)15(20)8-13(12)18/h2-3,6-8H,4-5,9H2,1H3.